The van der Waals surface area contributed by atoms with Gasteiger partial charge in [-0.3, -0.25) is 18.6 Å². The molecule has 9 nitrogen and oxygen atoms in total. The summed E-state index contributed by atoms with van der Waals surface area (Å²) in [6.07, 6.45) is 128. The second-order valence-corrected chi connectivity index (χ2v) is 29.8. The Morgan fingerprint density at radius 1 is 0.298 bits per heavy atom. The van der Waals surface area contributed by atoms with Crippen LogP contribution in [0.4, 0.5) is 0 Å². The van der Waals surface area contributed by atoms with Crippen molar-refractivity contribution in [2.45, 2.75) is 328 Å². The summed E-state index contributed by atoms with van der Waals surface area (Å²) in [4.78, 5) is 36.0. The number of hydrogen-bond acceptors (Lipinski definition) is 7. The molecule has 0 fully saturated rings. The van der Waals surface area contributed by atoms with Gasteiger partial charge < -0.3 is 18.9 Å². The number of esters is 2. The van der Waals surface area contributed by atoms with Crippen molar-refractivity contribution >= 4 is 19.8 Å². The van der Waals surface area contributed by atoms with Crippen LogP contribution < -0.4 is 0 Å². The smallest absolute Gasteiger partial charge is 0.462 e. The van der Waals surface area contributed by atoms with E-state index in [2.05, 4.69) is 220 Å². The van der Waals surface area contributed by atoms with Gasteiger partial charge in [-0.1, -0.05) is 368 Å². The number of unbranched alkanes of at least 4 members (excludes halogenated alkanes) is 27. The molecule has 0 bridgehead atoms. The Morgan fingerprint density at radius 2 is 0.519 bits per heavy atom. The van der Waals surface area contributed by atoms with E-state index < -0.39 is 26.5 Å². The predicted octanol–water partition coefficient (Wildman–Crippen LogP) is 28.5. The molecule has 0 aromatic rings. The molecule has 0 amide bonds. The number of allylic oxidation sites excluding steroid dienone is 34. The van der Waals surface area contributed by atoms with Gasteiger partial charge in [0.15, 0.2) is 6.10 Å². The fraction of sp³-hybridized carbons (Fsp3) is 0.617. The van der Waals surface area contributed by atoms with E-state index in [1.54, 1.807) is 0 Å². The van der Waals surface area contributed by atoms with Crippen LogP contribution in [0.1, 0.15) is 322 Å². The first-order valence-electron chi connectivity index (χ1n) is 41.8. The minimum atomic E-state index is -4.41. The minimum Gasteiger partial charge on any atom is -0.462 e. The maximum Gasteiger partial charge on any atom is 0.472 e. The molecule has 0 rings (SSSR count). The first kappa shape index (κ1) is 98.6. The number of likely N-dealkylation sites (N-methyl/N-ethyl adjacent to an activating group) is 1. The summed E-state index contributed by atoms with van der Waals surface area (Å²) in [5, 5.41) is 0. The van der Waals surface area contributed by atoms with Crippen molar-refractivity contribution in [2.75, 3.05) is 47.5 Å². The molecule has 0 aliphatic rings. The van der Waals surface area contributed by atoms with Gasteiger partial charge in [0.2, 0.25) is 0 Å². The molecule has 0 saturated heterocycles. The van der Waals surface area contributed by atoms with E-state index in [-0.39, 0.29) is 32.0 Å². The first-order chi connectivity index (χ1) is 51.0. The van der Waals surface area contributed by atoms with Crippen LogP contribution >= 0.6 is 7.82 Å². The van der Waals surface area contributed by atoms with Crippen molar-refractivity contribution in [3.8, 4) is 0 Å². The molecule has 0 aliphatic carbocycles. The lowest BCUT2D eigenvalue weighted by molar-refractivity contribution is -0.870. The average molecular weight is 1460 g/mol. The van der Waals surface area contributed by atoms with Crippen LogP contribution in [0, 0.1) is 0 Å². The summed E-state index contributed by atoms with van der Waals surface area (Å²) in [6.45, 7) is 4.21. The zero-order chi connectivity index (χ0) is 75.4. The molecule has 2 unspecified atom stereocenters. The number of hydrogen-bond donors (Lipinski definition) is 1. The molecule has 0 heterocycles. The Bertz CT molecular complexity index is 2520. The van der Waals surface area contributed by atoms with E-state index in [0.717, 1.165) is 148 Å². The molecule has 0 spiro atoms. The van der Waals surface area contributed by atoms with E-state index in [1.807, 2.05) is 21.1 Å². The highest BCUT2D eigenvalue weighted by Crippen LogP contribution is 2.43. The quantitative estimate of drug-likeness (QED) is 0.0211. The third-order valence-electron chi connectivity index (χ3n) is 17.3. The summed E-state index contributed by atoms with van der Waals surface area (Å²) >= 11 is 0. The van der Waals surface area contributed by atoms with Crippen LogP contribution in [0.3, 0.4) is 0 Å². The number of nitrogens with zero attached hydrogens (tertiary/aromatic N) is 1. The molecule has 0 aliphatic heterocycles. The van der Waals surface area contributed by atoms with Gasteiger partial charge in [-0.05, 0) is 148 Å². The maximum absolute atomic E-state index is 12.9. The predicted molar refractivity (Wildman–Crippen MR) is 454 cm³/mol. The van der Waals surface area contributed by atoms with Gasteiger partial charge in [0.25, 0.3) is 0 Å². The number of rotatable bonds is 75. The maximum atomic E-state index is 12.9. The SMILES string of the molecule is CC/C=C\C/C=C\C/C=C\C/C=C\C/C=C\C/C=C\C/C=C\C/C=C\C/C=C\CCCCCCCCCCCCCCCC(=O)OC(COC(=O)CCCCCCCCCCCCCCCC/C=C\C/C=C\C/C=C\C/C=C\C/C=C\C/C=C\C/C=C\C/C=C\CC)COP(=O)(O)OCC[N+](C)(C)C. The molecule has 0 aromatic heterocycles. The molecule has 0 radical (unpaired) electrons. The van der Waals surface area contributed by atoms with Crippen LogP contribution in [0.25, 0.3) is 0 Å². The second kappa shape index (κ2) is 81.7. The van der Waals surface area contributed by atoms with E-state index in [9.17, 15) is 19.0 Å². The summed E-state index contributed by atoms with van der Waals surface area (Å²) in [7, 11) is 1.46. The minimum absolute atomic E-state index is 0.0237. The van der Waals surface area contributed by atoms with Gasteiger partial charge in [-0.25, -0.2) is 4.57 Å². The van der Waals surface area contributed by atoms with Crippen LogP contribution in [0.15, 0.2) is 207 Å². The summed E-state index contributed by atoms with van der Waals surface area (Å²) in [5.41, 5.74) is 0. The van der Waals surface area contributed by atoms with E-state index in [0.29, 0.717) is 17.4 Å². The Hall–Kier alpha value is -5.41. The molecule has 0 saturated carbocycles. The molecule has 2 atom stereocenters. The number of ether oxygens (including phenoxy) is 2. The first-order valence-corrected chi connectivity index (χ1v) is 43.3. The van der Waals surface area contributed by atoms with Gasteiger partial charge >= 0.3 is 19.8 Å². The highest BCUT2D eigenvalue weighted by Gasteiger charge is 2.27. The molecular weight excluding hydrogens is 1300 g/mol. The van der Waals surface area contributed by atoms with Gasteiger partial charge in [0.05, 0.1) is 27.7 Å². The second-order valence-electron chi connectivity index (χ2n) is 28.4. The van der Waals surface area contributed by atoms with Crippen molar-refractivity contribution in [3.05, 3.63) is 207 Å². The highest BCUT2D eigenvalue weighted by molar-refractivity contribution is 7.47. The fourth-order valence-corrected chi connectivity index (χ4v) is 11.8. The van der Waals surface area contributed by atoms with Crippen LogP contribution in [-0.2, 0) is 32.7 Å². The van der Waals surface area contributed by atoms with Crippen molar-refractivity contribution in [1.82, 2.24) is 0 Å². The number of phosphoric ester groups is 1. The lowest BCUT2D eigenvalue weighted by Crippen LogP contribution is -2.37. The normalized spacial score (nSPS) is 14.1. The zero-order valence-corrected chi connectivity index (χ0v) is 68.1. The fourth-order valence-electron chi connectivity index (χ4n) is 11.0. The summed E-state index contributed by atoms with van der Waals surface area (Å²) in [6, 6.07) is 0. The zero-order valence-electron chi connectivity index (χ0n) is 67.2. The molecule has 1 N–H and O–H groups in total. The summed E-state index contributed by atoms with van der Waals surface area (Å²) in [5.74, 6) is -0.802. The highest BCUT2D eigenvalue weighted by atomic mass is 31.2. The monoisotopic (exact) mass is 1460 g/mol. The lowest BCUT2D eigenvalue weighted by Gasteiger charge is -2.24. The molecule has 0 aromatic carbocycles. The topological polar surface area (TPSA) is 108 Å². The van der Waals surface area contributed by atoms with Crippen LogP contribution in [-0.4, -0.2) is 74.9 Å². The van der Waals surface area contributed by atoms with Crippen LogP contribution in [0.5, 0.6) is 0 Å². The average Bonchev–Trinajstić information content (AvgIpc) is 0.920. The van der Waals surface area contributed by atoms with E-state index in [1.165, 1.54) is 141 Å². The van der Waals surface area contributed by atoms with Crippen molar-refractivity contribution in [3.63, 3.8) is 0 Å². The number of carbonyl (C=O) groups excluding carboxylic acids is 2. The lowest BCUT2D eigenvalue weighted by atomic mass is 10.0. The number of carbonyl (C=O) groups is 2. The van der Waals surface area contributed by atoms with Gasteiger partial charge in [0.1, 0.15) is 19.8 Å². The van der Waals surface area contributed by atoms with Crippen LogP contribution in [0.2, 0.25) is 0 Å². The Labute approximate surface area is 640 Å². The van der Waals surface area contributed by atoms with Crippen molar-refractivity contribution in [2.24, 2.45) is 0 Å². The van der Waals surface area contributed by atoms with Crippen molar-refractivity contribution < 1.29 is 42.1 Å². The van der Waals surface area contributed by atoms with Crippen molar-refractivity contribution in [1.29, 1.82) is 0 Å². The van der Waals surface area contributed by atoms with Gasteiger partial charge in [-0.2, -0.15) is 0 Å². The number of quaternary nitrogens is 1. The molecular formula is C94H155NO8P+. The Morgan fingerprint density at radius 3 is 0.769 bits per heavy atom. The summed E-state index contributed by atoms with van der Waals surface area (Å²) < 4.78 is 34.8. The van der Waals surface area contributed by atoms with E-state index >= 15 is 0 Å². The Balaban J connectivity index is 4.02. The van der Waals surface area contributed by atoms with Gasteiger partial charge in [0, 0.05) is 12.8 Å². The van der Waals surface area contributed by atoms with Gasteiger partial charge in [-0.15, -0.1) is 0 Å². The van der Waals surface area contributed by atoms with E-state index in [4.69, 9.17) is 18.5 Å². The standard InChI is InChI=1S/C94H154NO8P/c1-6-8-10-12-14-16-18-20-22-24-26-28-30-32-34-36-38-40-42-44-46-47-49-51-53-55-57-59-61-63-65-67-69-71-73-75-77-79-81-83-85-87-94(97)103-92(91-102-104(98,99)101-89-88-95(3,4)5)90-100-93(96)86-84-82-80-78-76-74-72-70-68-66-64-62-60-58-56-54-52-50-48-45-43-41-39-37-35-33-31-29-27-25-23-21-19-17-15-13-11-9-7-2/h8-11,14-17,20-23,26-29,32-35,38-41,44-46,48-49,51-52,54-55,57,92H,6-7,12-13,18-19,24-25,30-31,36-37,42-43,47,50,53,56,58-91H2,1-5H3/p+1/b10-8-,11-9-,16-14-,17-15-,22-20-,23-21-,28-26-,29-27-,34-32-,35-33-,40-38-,41-39-,46-44-,48-45-,51-49-,54-52-,57-55-. The third kappa shape index (κ3) is 85.5. The Kier molecular flexibility index (Phi) is 77.4. The number of phosphoric acid groups is 1. The molecule has 10 heteroatoms. The third-order valence-corrected chi connectivity index (χ3v) is 18.3. The molecule has 588 valence electrons. The largest absolute Gasteiger partial charge is 0.472 e. The molecule has 104 heavy (non-hydrogen) atoms.